The van der Waals surface area contributed by atoms with Gasteiger partial charge in [0.2, 0.25) is 11.8 Å². The first-order chi connectivity index (χ1) is 19.1. The fourth-order valence-corrected chi connectivity index (χ4v) is 7.85. The molecule has 2 spiro atoms. The molecule has 1 saturated carbocycles. The number of carbonyl (C=O) groups excluding carboxylic acids is 2. The van der Waals surface area contributed by atoms with Gasteiger partial charge in [-0.25, -0.2) is 4.39 Å². The number of halogens is 5. The van der Waals surface area contributed by atoms with E-state index in [9.17, 15) is 23.5 Å². The van der Waals surface area contributed by atoms with E-state index < -0.39 is 71.6 Å². The summed E-state index contributed by atoms with van der Waals surface area (Å²) >= 11 is 12.4. The summed E-state index contributed by atoms with van der Waals surface area (Å²) in [5, 5.41) is 18.9. The molecular formula is C28H28Cl2F3N3O4. The number of aliphatic hydroxyl groups excluding tert-OH is 1. The second-order valence-corrected chi connectivity index (χ2v) is 12.3. The van der Waals surface area contributed by atoms with Crippen molar-refractivity contribution in [2.75, 3.05) is 25.3 Å². The molecule has 4 aliphatic rings. The molecule has 7 nitrogen and oxygen atoms in total. The van der Waals surface area contributed by atoms with Gasteiger partial charge in [-0.1, -0.05) is 41.4 Å². The summed E-state index contributed by atoms with van der Waals surface area (Å²) in [6.07, 6.45) is -0.351. The highest BCUT2D eigenvalue weighted by Crippen LogP contribution is 2.68. The highest BCUT2D eigenvalue weighted by Gasteiger charge is 2.78. The molecule has 40 heavy (non-hydrogen) atoms. The average molecular weight is 598 g/mol. The maximum Gasteiger partial charge on any atom is 0.238 e. The maximum atomic E-state index is 15.8. The number of benzene rings is 2. The maximum absolute atomic E-state index is 15.8. The van der Waals surface area contributed by atoms with Crippen molar-refractivity contribution < 1.29 is 32.6 Å². The number of hydrogen-bond acceptors (Lipinski definition) is 5. The normalized spacial score (nSPS) is 31.6. The van der Waals surface area contributed by atoms with Gasteiger partial charge in [-0.2, -0.15) is 0 Å². The predicted octanol–water partition coefficient (Wildman–Crippen LogP) is 4.15. The molecule has 4 N–H and O–H groups in total. The Kier molecular flexibility index (Phi) is 6.86. The number of aliphatic hydroxyl groups is 1. The third kappa shape index (κ3) is 3.90. The molecule has 6 rings (SSSR count). The van der Waals surface area contributed by atoms with Crippen molar-refractivity contribution in [3.05, 3.63) is 63.4 Å². The molecule has 2 aromatic rings. The van der Waals surface area contributed by atoms with Crippen LogP contribution in [0.1, 0.15) is 42.7 Å². The molecule has 214 valence electrons. The van der Waals surface area contributed by atoms with Crippen LogP contribution >= 0.6 is 23.2 Å². The van der Waals surface area contributed by atoms with E-state index in [1.807, 2.05) is 0 Å². The average Bonchev–Trinajstić information content (AvgIpc) is 3.38. The molecule has 0 aromatic heterocycles. The Morgan fingerprint density at radius 2 is 1.90 bits per heavy atom. The minimum absolute atomic E-state index is 0.0308. The van der Waals surface area contributed by atoms with E-state index in [2.05, 4.69) is 16.0 Å². The van der Waals surface area contributed by atoms with E-state index in [0.717, 1.165) is 0 Å². The van der Waals surface area contributed by atoms with Gasteiger partial charge in [-0.3, -0.25) is 23.7 Å². The van der Waals surface area contributed by atoms with Crippen molar-refractivity contribution >= 4 is 40.7 Å². The Hall–Kier alpha value is -2.37. The summed E-state index contributed by atoms with van der Waals surface area (Å²) in [6.45, 7) is -1.83. The van der Waals surface area contributed by atoms with Crippen LogP contribution in [-0.2, 0) is 19.7 Å². The van der Waals surface area contributed by atoms with Gasteiger partial charge in [0.15, 0.2) is 6.29 Å². The summed E-state index contributed by atoms with van der Waals surface area (Å²) < 4.78 is 49.5. The third-order valence-electron chi connectivity index (χ3n) is 9.12. The Bertz CT molecular complexity index is 1360. The van der Waals surface area contributed by atoms with Crippen LogP contribution in [0.25, 0.3) is 0 Å². The van der Waals surface area contributed by atoms with Gasteiger partial charge < -0.3 is 20.5 Å². The Morgan fingerprint density at radius 1 is 1.15 bits per heavy atom. The lowest BCUT2D eigenvalue weighted by molar-refractivity contribution is -0.140. The zero-order chi connectivity index (χ0) is 28.4. The van der Waals surface area contributed by atoms with E-state index >= 15 is 4.39 Å². The molecule has 3 fully saturated rings. The molecular weight excluding hydrogens is 570 g/mol. The van der Waals surface area contributed by atoms with Crippen LogP contribution in [0.4, 0.5) is 18.9 Å². The highest BCUT2D eigenvalue weighted by molar-refractivity contribution is 6.31. The molecule has 2 amide bonds. The molecule has 2 aromatic carbocycles. The monoisotopic (exact) mass is 597 g/mol. The standard InChI is InChI=1S/C28H28Cl2F3N3O4/c29-14-4-6-17-19(8-14)35-25(39)28(17)21(16-2-1-3-18(30)22(16)33)23(24(38)34-15-5-7-20(37)40-9-15)36-27(28)10-26(11-27,12-31)13-32/h1-4,6,8,15,20-21,23,36-37H,5,7,9-13H2,(H,34,38)(H,35,39)/t15-,20+,21+,23-,28-/m1/s1. The molecule has 3 heterocycles. The minimum Gasteiger partial charge on any atom is -0.368 e. The number of fused-ring (bicyclic) bond motifs is 3. The zero-order valence-corrected chi connectivity index (χ0v) is 22.8. The molecule has 2 saturated heterocycles. The van der Waals surface area contributed by atoms with Crippen LogP contribution in [0, 0.1) is 11.2 Å². The van der Waals surface area contributed by atoms with Crippen LogP contribution in [0.15, 0.2) is 36.4 Å². The molecule has 0 radical (unpaired) electrons. The van der Waals surface area contributed by atoms with E-state index in [-0.39, 0.29) is 30.0 Å². The summed E-state index contributed by atoms with van der Waals surface area (Å²) in [6, 6.07) is 7.58. The van der Waals surface area contributed by atoms with Gasteiger partial charge in [0.05, 0.1) is 37.1 Å². The van der Waals surface area contributed by atoms with Crippen molar-refractivity contribution in [2.24, 2.45) is 5.41 Å². The lowest BCUT2D eigenvalue weighted by Crippen LogP contribution is -2.70. The Balaban J connectivity index is 1.53. The third-order valence-corrected chi connectivity index (χ3v) is 9.64. The number of nitrogens with one attached hydrogen (secondary N) is 3. The molecule has 0 bridgehead atoms. The number of alkyl halides is 2. The smallest absolute Gasteiger partial charge is 0.238 e. The SMILES string of the molecule is O=C(N[C@@H]1CC[C@@H](O)OC1)[C@@H]1NC2(CC(CF)(CF)C2)[C@@]2(C(=O)Nc3cc(Cl)ccc32)[C@H]1c1cccc(Cl)c1F. The fourth-order valence-electron chi connectivity index (χ4n) is 7.50. The number of carbonyl (C=O) groups is 2. The second kappa shape index (κ2) is 9.87. The topological polar surface area (TPSA) is 99.7 Å². The van der Waals surface area contributed by atoms with Crippen LogP contribution in [-0.4, -0.2) is 60.8 Å². The first-order valence-electron chi connectivity index (χ1n) is 13.1. The molecule has 1 aliphatic carbocycles. The van der Waals surface area contributed by atoms with Crippen molar-refractivity contribution in [1.29, 1.82) is 0 Å². The van der Waals surface area contributed by atoms with Gasteiger partial charge in [0.25, 0.3) is 0 Å². The number of amides is 2. The number of ether oxygens (including phenoxy) is 1. The first-order valence-corrected chi connectivity index (χ1v) is 13.9. The molecule has 12 heteroatoms. The lowest BCUT2D eigenvalue weighted by Gasteiger charge is -2.59. The van der Waals surface area contributed by atoms with Gasteiger partial charge >= 0.3 is 0 Å². The van der Waals surface area contributed by atoms with Gasteiger partial charge in [-0.05, 0) is 48.6 Å². The lowest BCUT2D eigenvalue weighted by atomic mass is 9.46. The Labute approximate surface area is 238 Å². The van der Waals surface area contributed by atoms with Crippen LogP contribution < -0.4 is 16.0 Å². The summed E-state index contributed by atoms with van der Waals surface area (Å²) in [7, 11) is 0. The number of anilines is 1. The van der Waals surface area contributed by atoms with E-state index in [1.165, 1.54) is 18.2 Å². The van der Waals surface area contributed by atoms with E-state index in [4.69, 9.17) is 27.9 Å². The van der Waals surface area contributed by atoms with E-state index in [0.29, 0.717) is 29.1 Å². The molecule has 0 unspecified atom stereocenters. The molecule has 3 aliphatic heterocycles. The van der Waals surface area contributed by atoms with Crippen molar-refractivity contribution in [2.45, 2.75) is 60.9 Å². The minimum atomic E-state index is -1.62. The Morgan fingerprint density at radius 3 is 2.58 bits per heavy atom. The van der Waals surface area contributed by atoms with Crippen LogP contribution in [0.2, 0.25) is 10.0 Å². The van der Waals surface area contributed by atoms with Crippen LogP contribution in [0.5, 0.6) is 0 Å². The molecule has 5 atom stereocenters. The fraction of sp³-hybridized carbons (Fsp3) is 0.500. The zero-order valence-electron chi connectivity index (χ0n) is 21.3. The number of hydrogen-bond donors (Lipinski definition) is 4. The summed E-state index contributed by atoms with van der Waals surface area (Å²) in [5.74, 6) is -2.97. The predicted molar refractivity (Wildman–Crippen MR) is 142 cm³/mol. The van der Waals surface area contributed by atoms with Crippen molar-refractivity contribution in [3.63, 3.8) is 0 Å². The largest absolute Gasteiger partial charge is 0.368 e. The van der Waals surface area contributed by atoms with Crippen LogP contribution in [0.3, 0.4) is 0 Å². The van der Waals surface area contributed by atoms with Gasteiger partial charge in [-0.15, -0.1) is 0 Å². The van der Waals surface area contributed by atoms with E-state index in [1.54, 1.807) is 18.2 Å². The summed E-state index contributed by atoms with van der Waals surface area (Å²) in [5.41, 5.74) is -3.36. The summed E-state index contributed by atoms with van der Waals surface area (Å²) in [4.78, 5) is 28.2. The van der Waals surface area contributed by atoms with Crippen molar-refractivity contribution in [1.82, 2.24) is 10.6 Å². The first kappa shape index (κ1) is 27.8. The van der Waals surface area contributed by atoms with Gasteiger partial charge in [0.1, 0.15) is 11.2 Å². The van der Waals surface area contributed by atoms with Gasteiger partial charge in [0, 0.05) is 34.0 Å². The quantitative estimate of drug-likeness (QED) is 0.415. The second-order valence-electron chi connectivity index (χ2n) is 11.5. The number of rotatable bonds is 5. The highest BCUT2D eigenvalue weighted by atomic mass is 35.5. The van der Waals surface area contributed by atoms with Crippen molar-refractivity contribution in [3.8, 4) is 0 Å².